The third kappa shape index (κ3) is 5.88. The van der Waals surface area contributed by atoms with Crippen LogP contribution in [-0.4, -0.2) is 38.3 Å². The average molecular weight is 392 g/mol. The third-order valence-electron chi connectivity index (χ3n) is 4.85. The van der Waals surface area contributed by atoms with E-state index in [0.29, 0.717) is 5.57 Å². The van der Waals surface area contributed by atoms with Gasteiger partial charge in [0.05, 0.1) is 11.3 Å². The molecule has 0 aliphatic rings. The minimum atomic E-state index is -0.0491. The summed E-state index contributed by atoms with van der Waals surface area (Å²) in [5, 5.41) is 3.59. The van der Waals surface area contributed by atoms with Gasteiger partial charge in [-0.15, -0.1) is 0 Å². The molecule has 0 saturated heterocycles. The molecule has 2 aromatic rings. The van der Waals surface area contributed by atoms with Crippen molar-refractivity contribution in [1.82, 2.24) is 5.01 Å². The van der Waals surface area contributed by atoms with Gasteiger partial charge in [0.15, 0.2) is 0 Å². The van der Waals surface area contributed by atoms with E-state index in [4.69, 9.17) is 0 Å². The summed E-state index contributed by atoms with van der Waals surface area (Å²) in [6.07, 6.45) is 4.30. The van der Waals surface area contributed by atoms with Crippen LogP contribution in [0.15, 0.2) is 64.7 Å². The molecule has 0 N–H and O–H groups in total. The van der Waals surface area contributed by atoms with E-state index in [0.717, 1.165) is 36.1 Å². The Morgan fingerprint density at radius 3 is 2.31 bits per heavy atom. The van der Waals surface area contributed by atoms with Crippen LogP contribution in [0.2, 0.25) is 0 Å². The van der Waals surface area contributed by atoms with Crippen LogP contribution in [0.3, 0.4) is 0 Å². The SMILES string of the molecule is CCC/C(Cc1ccccc1)=C(/C=NC)C(=O)N(c1ccc(C)cc1C)N(C)C. The maximum absolute atomic E-state index is 13.8. The van der Waals surface area contributed by atoms with Gasteiger partial charge in [0.25, 0.3) is 5.91 Å². The molecule has 0 atom stereocenters. The predicted molar refractivity (Wildman–Crippen MR) is 124 cm³/mol. The standard InChI is InChI=1S/C25H33N3O/c1-7-11-22(17-21-12-9-8-10-13-21)23(18-26-4)25(29)28(27(5)6)24-15-14-19(2)16-20(24)3/h8-10,12-16,18H,7,11,17H2,1-6H3/b23-22+,26-18?. The number of nitrogens with zero attached hydrogens (tertiary/aromatic N) is 3. The lowest BCUT2D eigenvalue weighted by Crippen LogP contribution is -2.44. The van der Waals surface area contributed by atoms with E-state index in [-0.39, 0.29) is 5.91 Å². The monoisotopic (exact) mass is 391 g/mol. The lowest BCUT2D eigenvalue weighted by atomic mass is 9.95. The third-order valence-corrected chi connectivity index (χ3v) is 4.85. The Morgan fingerprint density at radius 1 is 1.07 bits per heavy atom. The molecule has 4 nitrogen and oxygen atoms in total. The molecule has 0 bridgehead atoms. The van der Waals surface area contributed by atoms with Gasteiger partial charge in [-0.25, -0.2) is 10.0 Å². The largest absolute Gasteiger partial charge is 0.296 e. The summed E-state index contributed by atoms with van der Waals surface area (Å²) in [5.74, 6) is -0.0491. The molecule has 0 radical (unpaired) electrons. The fourth-order valence-electron chi connectivity index (χ4n) is 3.55. The molecule has 0 heterocycles. The zero-order valence-electron chi connectivity index (χ0n) is 18.6. The van der Waals surface area contributed by atoms with Crippen molar-refractivity contribution in [2.45, 2.75) is 40.0 Å². The van der Waals surface area contributed by atoms with Gasteiger partial charge in [0, 0.05) is 27.4 Å². The van der Waals surface area contributed by atoms with E-state index in [1.165, 1.54) is 11.1 Å². The molecule has 154 valence electrons. The molecule has 0 unspecified atom stereocenters. The van der Waals surface area contributed by atoms with E-state index >= 15 is 0 Å². The predicted octanol–water partition coefficient (Wildman–Crippen LogP) is 5.15. The number of hydrazine groups is 1. The zero-order chi connectivity index (χ0) is 21.4. The Balaban J connectivity index is 2.56. The molecule has 0 saturated carbocycles. The number of aryl methyl sites for hydroxylation is 2. The summed E-state index contributed by atoms with van der Waals surface area (Å²) < 4.78 is 0. The number of amides is 1. The van der Waals surface area contributed by atoms with Crippen LogP contribution >= 0.6 is 0 Å². The summed E-state index contributed by atoms with van der Waals surface area (Å²) in [4.78, 5) is 18.0. The van der Waals surface area contributed by atoms with Crippen LogP contribution in [0.1, 0.15) is 36.5 Å². The molecule has 0 fully saturated rings. The highest BCUT2D eigenvalue weighted by Crippen LogP contribution is 2.26. The lowest BCUT2D eigenvalue weighted by molar-refractivity contribution is -0.117. The van der Waals surface area contributed by atoms with Crippen molar-refractivity contribution in [2.75, 3.05) is 26.2 Å². The van der Waals surface area contributed by atoms with Crippen molar-refractivity contribution < 1.29 is 4.79 Å². The van der Waals surface area contributed by atoms with Crippen molar-refractivity contribution in [3.63, 3.8) is 0 Å². The minimum absolute atomic E-state index is 0.0491. The maximum Gasteiger partial charge on any atom is 0.274 e. The van der Waals surface area contributed by atoms with Crippen molar-refractivity contribution in [3.8, 4) is 0 Å². The van der Waals surface area contributed by atoms with Crippen molar-refractivity contribution >= 4 is 17.8 Å². The number of carbonyl (C=O) groups excluding carboxylic acids is 1. The zero-order valence-corrected chi connectivity index (χ0v) is 18.6. The smallest absolute Gasteiger partial charge is 0.274 e. The van der Waals surface area contributed by atoms with E-state index in [9.17, 15) is 4.79 Å². The Hall–Kier alpha value is -2.72. The highest BCUT2D eigenvalue weighted by molar-refractivity contribution is 6.19. The Kier molecular flexibility index (Phi) is 8.34. The number of anilines is 1. The van der Waals surface area contributed by atoms with Gasteiger partial charge in [-0.2, -0.15) is 0 Å². The van der Waals surface area contributed by atoms with Crippen LogP contribution in [0.5, 0.6) is 0 Å². The van der Waals surface area contributed by atoms with Crippen LogP contribution in [0.25, 0.3) is 0 Å². The summed E-state index contributed by atoms with van der Waals surface area (Å²) in [7, 11) is 5.51. The Bertz CT molecular complexity index is 882. The molecule has 0 spiro atoms. The molecule has 0 aliphatic carbocycles. The molecule has 2 aromatic carbocycles. The van der Waals surface area contributed by atoms with Gasteiger partial charge in [0.2, 0.25) is 0 Å². The van der Waals surface area contributed by atoms with Crippen molar-refractivity contribution in [1.29, 1.82) is 0 Å². The average Bonchev–Trinajstić information content (AvgIpc) is 2.68. The minimum Gasteiger partial charge on any atom is -0.296 e. The summed E-state index contributed by atoms with van der Waals surface area (Å²) in [6, 6.07) is 16.5. The van der Waals surface area contributed by atoms with Gasteiger partial charge >= 0.3 is 0 Å². The second-order valence-electron chi connectivity index (χ2n) is 7.57. The number of hydrogen-bond acceptors (Lipinski definition) is 3. The van der Waals surface area contributed by atoms with Gasteiger partial charge in [-0.1, -0.05) is 66.9 Å². The molecule has 2 rings (SSSR count). The number of aliphatic imine (C=N–C) groups is 1. The van der Waals surface area contributed by atoms with Crippen LogP contribution < -0.4 is 5.01 Å². The number of allylic oxidation sites excluding steroid dienone is 1. The first kappa shape index (κ1) is 22.6. The van der Waals surface area contributed by atoms with Gasteiger partial charge in [-0.05, 0) is 43.9 Å². The van der Waals surface area contributed by atoms with Gasteiger partial charge in [0.1, 0.15) is 0 Å². The normalized spacial score (nSPS) is 12.4. The Morgan fingerprint density at radius 2 is 1.76 bits per heavy atom. The first-order chi connectivity index (χ1) is 13.9. The van der Waals surface area contributed by atoms with Gasteiger partial charge in [-0.3, -0.25) is 9.79 Å². The highest BCUT2D eigenvalue weighted by Gasteiger charge is 2.25. The van der Waals surface area contributed by atoms with E-state index in [1.54, 1.807) is 18.3 Å². The quantitative estimate of drug-likeness (QED) is 0.354. The first-order valence-corrected chi connectivity index (χ1v) is 10.2. The van der Waals surface area contributed by atoms with Crippen LogP contribution in [-0.2, 0) is 11.2 Å². The number of benzene rings is 2. The highest BCUT2D eigenvalue weighted by atomic mass is 16.2. The van der Waals surface area contributed by atoms with Crippen molar-refractivity contribution in [3.05, 3.63) is 76.4 Å². The molecule has 4 heteroatoms. The summed E-state index contributed by atoms with van der Waals surface area (Å²) in [5.41, 5.74) is 6.13. The fraction of sp³-hybridized carbons (Fsp3) is 0.360. The van der Waals surface area contributed by atoms with E-state index in [1.807, 2.05) is 56.4 Å². The van der Waals surface area contributed by atoms with Gasteiger partial charge < -0.3 is 0 Å². The summed E-state index contributed by atoms with van der Waals surface area (Å²) in [6.45, 7) is 6.25. The van der Waals surface area contributed by atoms with Crippen LogP contribution in [0, 0.1) is 13.8 Å². The maximum atomic E-state index is 13.8. The van der Waals surface area contributed by atoms with Crippen molar-refractivity contribution in [2.24, 2.45) is 4.99 Å². The molecule has 1 amide bonds. The molecular weight excluding hydrogens is 358 g/mol. The number of rotatable bonds is 8. The fourth-order valence-corrected chi connectivity index (χ4v) is 3.55. The lowest BCUT2D eigenvalue weighted by Gasteiger charge is -2.31. The second kappa shape index (κ2) is 10.7. The van der Waals surface area contributed by atoms with E-state index < -0.39 is 0 Å². The summed E-state index contributed by atoms with van der Waals surface area (Å²) >= 11 is 0. The second-order valence-corrected chi connectivity index (χ2v) is 7.57. The van der Waals surface area contributed by atoms with Crippen LogP contribution in [0.4, 0.5) is 5.69 Å². The molecular formula is C25H33N3O. The molecule has 29 heavy (non-hydrogen) atoms. The van der Waals surface area contributed by atoms with E-state index in [2.05, 4.69) is 37.0 Å². The molecule has 0 aliphatic heterocycles. The number of carbonyl (C=O) groups is 1. The topological polar surface area (TPSA) is 35.9 Å². The first-order valence-electron chi connectivity index (χ1n) is 10.2. The Labute approximate surface area is 175 Å². The molecule has 0 aromatic heterocycles. The number of hydrogen-bond donors (Lipinski definition) is 0.